The molecule has 0 aromatic heterocycles. The smallest absolute Gasteiger partial charge is 0.0348 e. The van der Waals surface area contributed by atoms with E-state index in [9.17, 15) is 0 Å². The Balaban J connectivity index is 3.49. The van der Waals surface area contributed by atoms with Crippen molar-refractivity contribution in [3.63, 3.8) is 0 Å². The Bertz CT molecular complexity index is 427. The van der Waals surface area contributed by atoms with E-state index < -0.39 is 0 Å². The standard InChI is InChI=1S/C24H36/c1-3-5-7-9-11-13-15-17-19-21-23-24-22-20-18-16-14-12-10-8-6-4-2/h3,5,7,9,11,13,15,17,19,21-24H,1,4,6,8,10,12,14,16,18,20H2,2H3/b7-5+,11-9+,15-13+,19-17+,23-21+,24-22+. The van der Waals surface area contributed by atoms with Crippen molar-refractivity contribution in [3.8, 4) is 0 Å². The molecule has 132 valence electrons. The summed E-state index contributed by atoms with van der Waals surface area (Å²) >= 11 is 0. The number of hydrogen-bond donors (Lipinski definition) is 0. The van der Waals surface area contributed by atoms with Gasteiger partial charge in [0.1, 0.15) is 0 Å². The molecule has 0 N–H and O–H groups in total. The first-order valence-corrected chi connectivity index (χ1v) is 9.52. The minimum absolute atomic E-state index is 1.20. The fourth-order valence-electron chi connectivity index (χ4n) is 2.23. The van der Waals surface area contributed by atoms with Gasteiger partial charge < -0.3 is 0 Å². The van der Waals surface area contributed by atoms with Crippen molar-refractivity contribution < 1.29 is 0 Å². The molecule has 0 radical (unpaired) electrons. The summed E-state index contributed by atoms with van der Waals surface area (Å²) in [7, 11) is 0. The molecule has 0 aliphatic carbocycles. The maximum atomic E-state index is 3.62. The topological polar surface area (TPSA) is 0 Å². The van der Waals surface area contributed by atoms with Crippen LogP contribution in [-0.4, -0.2) is 0 Å². The van der Waals surface area contributed by atoms with Gasteiger partial charge in [-0.25, -0.2) is 0 Å². The molecule has 0 amide bonds. The lowest BCUT2D eigenvalue weighted by molar-refractivity contribution is 0.577. The Labute approximate surface area is 150 Å². The quantitative estimate of drug-likeness (QED) is 0.211. The fraction of sp³-hybridized carbons (Fsp3) is 0.417. The van der Waals surface area contributed by atoms with Gasteiger partial charge >= 0.3 is 0 Å². The molecule has 0 aromatic carbocycles. The highest BCUT2D eigenvalue weighted by molar-refractivity contribution is 5.20. The molecule has 0 aliphatic heterocycles. The molecule has 0 saturated carbocycles. The van der Waals surface area contributed by atoms with Crippen LogP contribution in [0.3, 0.4) is 0 Å². The van der Waals surface area contributed by atoms with Crippen LogP contribution in [0.15, 0.2) is 85.6 Å². The molecular formula is C24H36. The molecule has 0 rings (SSSR count). The van der Waals surface area contributed by atoms with Crippen LogP contribution in [-0.2, 0) is 0 Å². The molecular weight excluding hydrogens is 288 g/mol. The number of hydrogen-bond acceptors (Lipinski definition) is 0. The lowest BCUT2D eigenvalue weighted by Crippen LogP contribution is -1.79. The van der Waals surface area contributed by atoms with Gasteiger partial charge in [-0.15, -0.1) is 0 Å². The monoisotopic (exact) mass is 324 g/mol. The van der Waals surface area contributed by atoms with Gasteiger partial charge in [0.05, 0.1) is 0 Å². The Kier molecular flexibility index (Phi) is 19.6. The average molecular weight is 325 g/mol. The number of allylic oxidation sites excluding steroid dienone is 13. The summed E-state index contributed by atoms with van der Waals surface area (Å²) in [6.07, 6.45) is 38.6. The van der Waals surface area contributed by atoms with Crippen molar-refractivity contribution in [1.82, 2.24) is 0 Å². The second kappa shape index (κ2) is 21.2. The van der Waals surface area contributed by atoms with E-state index in [1.165, 1.54) is 57.8 Å². The summed E-state index contributed by atoms with van der Waals surface area (Å²) in [5, 5.41) is 0. The minimum Gasteiger partial charge on any atom is -0.0991 e. The van der Waals surface area contributed by atoms with Gasteiger partial charge in [-0.1, -0.05) is 137 Å². The first-order valence-electron chi connectivity index (χ1n) is 9.52. The molecule has 0 aromatic rings. The fourth-order valence-corrected chi connectivity index (χ4v) is 2.23. The highest BCUT2D eigenvalue weighted by atomic mass is 14.0. The summed E-state index contributed by atoms with van der Waals surface area (Å²) in [6, 6.07) is 0. The Hall–Kier alpha value is -1.82. The van der Waals surface area contributed by atoms with Crippen LogP contribution in [0.4, 0.5) is 0 Å². The third-order valence-electron chi connectivity index (χ3n) is 3.61. The second-order valence-electron chi connectivity index (χ2n) is 5.85. The van der Waals surface area contributed by atoms with Crippen LogP contribution in [0.1, 0.15) is 64.7 Å². The molecule has 0 fully saturated rings. The molecule has 0 heterocycles. The average Bonchev–Trinajstić information content (AvgIpc) is 2.60. The Morgan fingerprint density at radius 2 is 0.917 bits per heavy atom. The summed E-state index contributed by atoms with van der Waals surface area (Å²) in [4.78, 5) is 0. The molecule has 0 spiro atoms. The summed E-state index contributed by atoms with van der Waals surface area (Å²) in [5.74, 6) is 0. The largest absolute Gasteiger partial charge is 0.0991 e. The van der Waals surface area contributed by atoms with Crippen LogP contribution in [0, 0.1) is 0 Å². The van der Waals surface area contributed by atoms with Crippen LogP contribution >= 0.6 is 0 Å². The van der Waals surface area contributed by atoms with E-state index in [4.69, 9.17) is 0 Å². The van der Waals surface area contributed by atoms with Crippen LogP contribution in [0.5, 0.6) is 0 Å². The van der Waals surface area contributed by atoms with E-state index in [0.29, 0.717) is 0 Å². The maximum Gasteiger partial charge on any atom is -0.0348 e. The predicted molar refractivity (Wildman–Crippen MR) is 112 cm³/mol. The summed E-state index contributed by atoms with van der Waals surface area (Å²) in [5.41, 5.74) is 0. The second-order valence-corrected chi connectivity index (χ2v) is 5.85. The summed E-state index contributed by atoms with van der Waals surface area (Å²) in [6.45, 7) is 5.89. The van der Waals surface area contributed by atoms with Crippen LogP contribution in [0.2, 0.25) is 0 Å². The SMILES string of the molecule is C=C/C=C/C=C/C=C/C=C/C=C/C=C/CCCCCCCCCC. The minimum atomic E-state index is 1.20. The molecule has 0 unspecified atom stereocenters. The molecule has 0 aliphatic rings. The van der Waals surface area contributed by atoms with Crippen molar-refractivity contribution in [2.24, 2.45) is 0 Å². The molecule has 0 heteroatoms. The highest BCUT2D eigenvalue weighted by Crippen LogP contribution is 2.09. The Morgan fingerprint density at radius 1 is 0.500 bits per heavy atom. The number of rotatable bonds is 15. The van der Waals surface area contributed by atoms with Gasteiger partial charge in [0.15, 0.2) is 0 Å². The zero-order chi connectivity index (χ0) is 17.6. The van der Waals surface area contributed by atoms with Crippen LogP contribution < -0.4 is 0 Å². The van der Waals surface area contributed by atoms with E-state index in [1.807, 2.05) is 48.6 Å². The zero-order valence-electron chi connectivity index (χ0n) is 15.6. The third kappa shape index (κ3) is 20.2. The van der Waals surface area contributed by atoms with Gasteiger partial charge in [-0.2, -0.15) is 0 Å². The normalized spacial score (nSPS) is 13.0. The Morgan fingerprint density at radius 3 is 1.42 bits per heavy atom. The highest BCUT2D eigenvalue weighted by Gasteiger charge is 1.89. The molecule has 0 bridgehead atoms. The zero-order valence-corrected chi connectivity index (χ0v) is 15.6. The van der Waals surface area contributed by atoms with Crippen molar-refractivity contribution in [3.05, 3.63) is 85.6 Å². The van der Waals surface area contributed by atoms with Gasteiger partial charge in [0.25, 0.3) is 0 Å². The molecule has 0 nitrogen and oxygen atoms in total. The van der Waals surface area contributed by atoms with E-state index in [-0.39, 0.29) is 0 Å². The lowest BCUT2D eigenvalue weighted by Gasteiger charge is -1.99. The van der Waals surface area contributed by atoms with Gasteiger partial charge in [0.2, 0.25) is 0 Å². The molecule has 0 saturated heterocycles. The van der Waals surface area contributed by atoms with Gasteiger partial charge in [-0.3, -0.25) is 0 Å². The van der Waals surface area contributed by atoms with Crippen molar-refractivity contribution >= 4 is 0 Å². The van der Waals surface area contributed by atoms with Gasteiger partial charge in [0, 0.05) is 0 Å². The number of unbranched alkanes of at least 4 members (excludes halogenated alkanes) is 8. The van der Waals surface area contributed by atoms with E-state index in [0.717, 1.165) is 0 Å². The van der Waals surface area contributed by atoms with E-state index in [2.05, 4.69) is 37.8 Å². The van der Waals surface area contributed by atoms with Gasteiger partial charge in [-0.05, 0) is 12.8 Å². The first kappa shape index (κ1) is 22.2. The third-order valence-corrected chi connectivity index (χ3v) is 3.61. The maximum absolute atomic E-state index is 3.62. The van der Waals surface area contributed by atoms with Crippen molar-refractivity contribution in [2.45, 2.75) is 64.7 Å². The van der Waals surface area contributed by atoms with Crippen molar-refractivity contribution in [1.29, 1.82) is 0 Å². The summed E-state index contributed by atoms with van der Waals surface area (Å²) < 4.78 is 0. The first-order chi connectivity index (χ1) is 11.9. The molecule has 24 heavy (non-hydrogen) atoms. The lowest BCUT2D eigenvalue weighted by atomic mass is 10.1. The predicted octanol–water partition coefficient (Wildman–Crippen LogP) is 8.04. The van der Waals surface area contributed by atoms with E-state index in [1.54, 1.807) is 6.08 Å². The van der Waals surface area contributed by atoms with Crippen LogP contribution in [0.25, 0.3) is 0 Å². The molecule has 0 atom stereocenters. The van der Waals surface area contributed by atoms with E-state index >= 15 is 0 Å². The van der Waals surface area contributed by atoms with Crippen molar-refractivity contribution in [2.75, 3.05) is 0 Å².